The van der Waals surface area contributed by atoms with Crippen LogP contribution in [0.3, 0.4) is 0 Å². The minimum Gasteiger partial charge on any atom is -0.340 e. The number of hydrogen-bond donors (Lipinski definition) is 2. The molecule has 8 nitrogen and oxygen atoms in total. The molecule has 3 aromatic heterocycles. The minimum atomic E-state index is 0.240. The highest BCUT2D eigenvalue weighted by molar-refractivity contribution is 7.16. The number of nitrogens with one attached hydrogen (secondary N) is 2. The molecule has 6 rings (SSSR count). The Labute approximate surface area is 201 Å². The van der Waals surface area contributed by atoms with Crippen LogP contribution in [0.25, 0.3) is 26.8 Å². The van der Waals surface area contributed by atoms with Gasteiger partial charge in [-0.2, -0.15) is 0 Å². The molecule has 174 valence electrons. The number of carbonyl (C=O) groups is 1. The smallest absolute Gasteiger partial charge is 0.237 e. The lowest BCUT2D eigenvalue weighted by molar-refractivity contribution is -0.132. The molecular weight excluding hydrogens is 446 g/mol. The molecule has 1 amide bonds. The lowest BCUT2D eigenvalue weighted by atomic mass is 10.0. The number of thiazole rings is 1. The topological polar surface area (TPSA) is 90.0 Å². The van der Waals surface area contributed by atoms with Crippen molar-refractivity contribution in [2.75, 3.05) is 38.0 Å². The summed E-state index contributed by atoms with van der Waals surface area (Å²) in [6.07, 6.45) is 8.27. The van der Waals surface area contributed by atoms with E-state index in [9.17, 15) is 4.79 Å². The molecule has 5 heterocycles. The number of amides is 1. The molecular formula is C25H27N7OS. The summed E-state index contributed by atoms with van der Waals surface area (Å²) in [4.78, 5) is 33.7. The fourth-order valence-corrected chi connectivity index (χ4v) is 5.55. The van der Waals surface area contributed by atoms with Crippen LogP contribution in [-0.2, 0) is 4.79 Å². The highest BCUT2D eigenvalue weighted by atomic mass is 32.1. The zero-order chi connectivity index (χ0) is 22.9. The van der Waals surface area contributed by atoms with Crippen LogP contribution in [0.2, 0.25) is 0 Å². The third kappa shape index (κ3) is 4.28. The Balaban J connectivity index is 1.17. The highest BCUT2D eigenvalue weighted by Gasteiger charge is 2.22. The molecule has 0 spiro atoms. The van der Waals surface area contributed by atoms with Crippen molar-refractivity contribution in [1.29, 1.82) is 0 Å². The molecule has 34 heavy (non-hydrogen) atoms. The molecule has 0 radical (unpaired) electrons. The van der Waals surface area contributed by atoms with Crippen molar-refractivity contribution < 1.29 is 4.79 Å². The number of nitrogens with zero attached hydrogens (tertiary/aromatic N) is 5. The van der Waals surface area contributed by atoms with Crippen LogP contribution < -0.4 is 5.32 Å². The first-order valence-corrected chi connectivity index (χ1v) is 12.7. The van der Waals surface area contributed by atoms with Gasteiger partial charge in [-0.1, -0.05) is 12.5 Å². The Kier molecular flexibility index (Phi) is 5.72. The van der Waals surface area contributed by atoms with Gasteiger partial charge >= 0.3 is 0 Å². The average Bonchev–Trinajstić information content (AvgIpc) is 3.52. The number of benzene rings is 1. The first-order chi connectivity index (χ1) is 16.7. The van der Waals surface area contributed by atoms with Gasteiger partial charge in [-0.3, -0.25) is 9.69 Å². The zero-order valence-corrected chi connectivity index (χ0v) is 19.8. The molecule has 9 heteroatoms. The number of aromatic nitrogens is 4. The van der Waals surface area contributed by atoms with Gasteiger partial charge in [-0.05, 0) is 62.2 Å². The summed E-state index contributed by atoms with van der Waals surface area (Å²) in [5, 5.41) is 4.39. The first kappa shape index (κ1) is 21.2. The summed E-state index contributed by atoms with van der Waals surface area (Å²) in [6.45, 7) is 4.05. The quantitative estimate of drug-likeness (QED) is 0.446. The number of anilines is 2. The summed E-state index contributed by atoms with van der Waals surface area (Å²) in [7, 11) is 0. The van der Waals surface area contributed by atoms with E-state index in [2.05, 4.69) is 48.4 Å². The van der Waals surface area contributed by atoms with Crippen LogP contribution in [0.15, 0.2) is 42.2 Å². The van der Waals surface area contributed by atoms with E-state index in [1.165, 1.54) is 24.8 Å². The predicted molar refractivity (Wildman–Crippen MR) is 136 cm³/mol. The fraction of sp³-hybridized carbons (Fsp3) is 0.360. The lowest BCUT2D eigenvalue weighted by Gasteiger charge is -2.31. The van der Waals surface area contributed by atoms with Gasteiger partial charge in [0.15, 0.2) is 0 Å². The van der Waals surface area contributed by atoms with Crippen LogP contribution >= 0.6 is 11.3 Å². The number of rotatable bonds is 5. The Morgan fingerprint density at radius 2 is 2.00 bits per heavy atom. The largest absolute Gasteiger partial charge is 0.340 e. The van der Waals surface area contributed by atoms with E-state index in [1.807, 2.05) is 22.5 Å². The number of aromatic amines is 1. The maximum atomic E-state index is 12.8. The van der Waals surface area contributed by atoms with E-state index in [0.29, 0.717) is 13.1 Å². The second kappa shape index (κ2) is 9.15. The Morgan fingerprint density at radius 1 is 1.09 bits per heavy atom. The normalized spacial score (nSPS) is 17.3. The third-order valence-electron chi connectivity index (χ3n) is 6.74. The second-order valence-corrected chi connectivity index (χ2v) is 9.87. The van der Waals surface area contributed by atoms with Gasteiger partial charge in [0.05, 0.1) is 27.7 Å². The molecule has 1 fully saturated rings. The molecule has 1 aromatic carbocycles. The number of fused-ring (bicyclic) bond motifs is 2. The number of H-pyrrole nitrogens is 1. The highest BCUT2D eigenvalue weighted by Crippen LogP contribution is 2.30. The Morgan fingerprint density at radius 3 is 2.85 bits per heavy atom. The lowest BCUT2D eigenvalue weighted by Crippen LogP contribution is -2.43. The van der Waals surface area contributed by atoms with E-state index < -0.39 is 0 Å². The zero-order valence-electron chi connectivity index (χ0n) is 19.0. The van der Waals surface area contributed by atoms with Crippen molar-refractivity contribution in [2.24, 2.45) is 0 Å². The molecule has 2 N–H and O–H groups in total. The summed E-state index contributed by atoms with van der Waals surface area (Å²) >= 11 is 1.62. The SMILES string of the molecule is O=C(CN1CCCCC1)N1CC=C(c2cc3c(Nc4ccc5ncsc5c4)ncnc3[nH]2)CC1. The van der Waals surface area contributed by atoms with Crippen molar-refractivity contribution in [3.63, 3.8) is 0 Å². The molecule has 2 aliphatic heterocycles. The predicted octanol–water partition coefficient (Wildman–Crippen LogP) is 4.41. The number of carbonyl (C=O) groups excluding carboxylic acids is 1. The van der Waals surface area contributed by atoms with Crippen LogP contribution in [0.1, 0.15) is 31.4 Å². The third-order valence-corrected chi connectivity index (χ3v) is 7.53. The van der Waals surface area contributed by atoms with Gasteiger partial charge in [0.25, 0.3) is 0 Å². The monoisotopic (exact) mass is 473 g/mol. The van der Waals surface area contributed by atoms with Crippen molar-refractivity contribution in [2.45, 2.75) is 25.7 Å². The molecule has 0 unspecified atom stereocenters. The van der Waals surface area contributed by atoms with Crippen LogP contribution in [0.4, 0.5) is 11.5 Å². The average molecular weight is 474 g/mol. The van der Waals surface area contributed by atoms with E-state index in [-0.39, 0.29) is 5.91 Å². The molecule has 0 atom stereocenters. The Hall–Kier alpha value is -3.30. The van der Waals surface area contributed by atoms with Gasteiger partial charge in [0.2, 0.25) is 5.91 Å². The van der Waals surface area contributed by atoms with Gasteiger partial charge in [-0.15, -0.1) is 11.3 Å². The molecule has 0 bridgehead atoms. The first-order valence-electron chi connectivity index (χ1n) is 11.9. The summed E-state index contributed by atoms with van der Waals surface area (Å²) in [5.41, 5.74) is 6.89. The Bertz CT molecular complexity index is 1370. The number of piperidine rings is 1. The fourth-order valence-electron chi connectivity index (χ4n) is 4.83. The summed E-state index contributed by atoms with van der Waals surface area (Å²) < 4.78 is 1.14. The van der Waals surface area contributed by atoms with Crippen molar-refractivity contribution in [3.8, 4) is 0 Å². The number of hydrogen-bond acceptors (Lipinski definition) is 7. The van der Waals surface area contributed by atoms with Crippen molar-refractivity contribution in [3.05, 3.63) is 47.9 Å². The van der Waals surface area contributed by atoms with Crippen LogP contribution in [0.5, 0.6) is 0 Å². The van der Waals surface area contributed by atoms with Gasteiger partial charge in [0.1, 0.15) is 17.8 Å². The van der Waals surface area contributed by atoms with Crippen molar-refractivity contribution in [1.82, 2.24) is 29.7 Å². The maximum Gasteiger partial charge on any atom is 0.237 e. The summed E-state index contributed by atoms with van der Waals surface area (Å²) in [5.74, 6) is 1.01. The van der Waals surface area contributed by atoms with E-state index >= 15 is 0 Å². The molecule has 0 aliphatic carbocycles. The minimum absolute atomic E-state index is 0.240. The van der Waals surface area contributed by atoms with Gasteiger partial charge < -0.3 is 15.2 Å². The van der Waals surface area contributed by atoms with E-state index in [4.69, 9.17) is 0 Å². The van der Waals surface area contributed by atoms with Crippen LogP contribution in [-0.4, -0.2) is 68.4 Å². The van der Waals surface area contributed by atoms with Crippen LogP contribution in [0, 0.1) is 0 Å². The molecule has 2 aliphatic rings. The van der Waals surface area contributed by atoms with E-state index in [0.717, 1.165) is 64.5 Å². The van der Waals surface area contributed by atoms with Gasteiger partial charge in [0, 0.05) is 24.5 Å². The molecule has 4 aromatic rings. The summed E-state index contributed by atoms with van der Waals surface area (Å²) in [6, 6.07) is 8.23. The molecule has 1 saturated heterocycles. The number of likely N-dealkylation sites (tertiary alicyclic amines) is 1. The molecule has 0 saturated carbocycles. The van der Waals surface area contributed by atoms with Gasteiger partial charge in [-0.25, -0.2) is 15.0 Å². The second-order valence-electron chi connectivity index (χ2n) is 8.98. The maximum absolute atomic E-state index is 12.8. The standard InChI is InChI=1S/C25H27N7OS/c33-23(14-31-8-2-1-3-9-31)32-10-6-17(7-11-32)21-13-19-24(26-15-27-25(19)30-21)29-18-4-5-20-22(12-18)34-16-28-20/h4-6,12-13,15-16H,1-3,7-11,14H2,(H2,26,27,29,30). The van der Waals surface area contributed by atoms with Crippen molar-refractivity contribution >= 4 is 55.6 Å². The van der Waals surface area contributed by atoms with E-state index in [1.54, 1.807) is 17.7 Å².